The zero-order valence-electron chi connectivity index (χ0n) is 13.3. The van der Waals surface area contributed by atoms with Crippen LogP contribution in [0.5, 0.6) is 0 Å². The smallest absolute Gasteiger partial charge is 0.315 e. The summed E-state index contributed by atoms with van der Waals surface area (Å²) in [6.07, 6.45) is 6.74. The second kappa shape index (κ2) is 8.11. The molecule has 1 aromatic carbocycles. The maximum Gasteiger partial charge on any atom is 0.315 e. The van der Waals surface area contributed by atoms with Gasteiger partial charge < -0.3 is 10.6 Å². The van der Waals surface area contributed by atoms with Crippen LogP contribution in [0.15, 0.2) is 35.7 Å². The van der Waals surface area contributed by atoms with E-state index in [0.717, 1.165) is 35.5 Å². The summed E-state index contributed by atoms with van der Waals surface area (Å²) in [4.78, 5) is 16.5. The molecule has 0 spiro atoms. The quantitative estimate of drug-likeness (QED) is 0.871. The van der Waals surface area contributed by atoms with Crippen molar-refractivity contribution in [3.05, 3.63) is 41.4 Å². The average Bonchev–Trinajstić information content (AvgIpc) is 3.05. The third kappa shape index (κ3) is 4.79. The van der Waals surface area contributed by atoms with Gasteiger partial charge in [-0.3, -0.25) is 0 Å². The standard InChI is InChI=1S/C18H23N3OS/c22-18(21-15-9-5-2-6-10-15)19-12-11-16-13-23-17(20-16)14-7-3-1-4-8-14/h1,3-4,7-8,13,15H,2,5-6,9-12H2,(H2,19,21,22). The molecule has 1 heterocycles. The average molecular weight is 329 g/mol. The first-order chi connectivity index (χ1) is 11.3. The third-order valence-electron chi connectivity index (χ3n) is 4.18. The fraction of sp³-hybridized carbons (Fsp3) is 0.444. The van der Waals surface area contributed by atoms with Crippen LogP contribution < -0.4 is 10.6 Å². The Morgan fingerprint density at radius 1 is 1.17 bits per heavy atom. The molecule has 122 valence electrons. The molecule has 0 atom stereocenters. The number of nitrogens with one attached hydrogen (secondary N) is 2. The number of rotatable bonds is 5. The van der Waals surface area contributed by atoms with Gasteiger partial charge in [0.25, 0.3) is 0 Å². The lowest BCUT2D eigenvalue weighted by atomic mass is 9.96. The van der Waals surface area contributed by atoms with Crippen LogP contribution >= 0.6 is 11.3 Å². The van der Waals surface area contributed by atoms with Gasteiger partial charge in [-0.1, -0.05) is 49.6 Å². The van der Waals surface area contributed by atoms with Gasteiger partial charge in [0, 0.05) is 30.0 Å². The zero-order chi connectivity index (χ0) is 15.9. The highest BCUT2D eigenvalue weighted by Gasteiger charge is 2.15. The molecule has 0 unspecified atom stereocenters. The van der Waals surface area contributed by atoms with E-state index in [9.17, 15) is 4.79 Å². The predicted octanol–water partition coefficient (Wildman–Crippen LogP) is 3.98. The fourth-order valence-corrected chi connectivity index (χ4v) is 3.78. The highest BCUT2D eigenvalue weighted by atomic mass is 32.1. The number of hydrogen-bond acceptors (Lipinski definition) is 3. The van der Waals surface area contributed by atoms with Crippen molar-refractivity contribution in [3.63, 3.8) is 0 Å². The van der Waals surface area contributed by atoms with Crippen molar-refractivity contribution >= 4 is 17.4 Å². The van der Waals surface area contributed by atoms with Crippen LogP contribution in [-0.4, -0.2) is 23.6 Å². The van der Waals surface area contributed by atoms with Crippen LogP contribution in [0, 0.1) is 0 Å². The number of urea groups is 1. The van der Waals surface area contributed by atoms with Crippen molar-refractivity contribution < 1.29 is 4.79 Å². The Kier molecular flexibility index (Phi) is 5.64. The monoisotopic (exact) mass is 329 g/mol. The zero-order valence-corrected chi connectivity index (χ0v) is 14.1. The van der Waals surface area contributed by atoms with Gasteiger partial charge in [0.05, 0.1) is 5.69 Å². The molecule has 2 amide bonds. The number of thiazole rings is 1. The summed E-state index contributed by atoms with van der Waals surface area (Å²) in [5.41, 5.74) is 2.18. The number of aromatic nitrogens is 1. The normalized spacial score (nSPS) is 15.3. The van der Waals surface area contributed by atoms with Gasteiger partial charge >= 0.3 is 6.03 Å². The van der Waals surface area contributed by atoms with Gasteiger partial charge in [-0.05, 0) is 12.8 Å². The Labute approximate surface area is 141 Å². The Morgan fingerprint density at radius 2 is 1.96 bits per heavy atom. The second-order valence-electron chi connectivity index (χ2n) is 6.00. The summed E-state index contributed by atoms with van der Waals surface area (Å²) in [5, 5.41) is 9.12. The Hall–Kier alpha value is -1.88. The lowest BCUT2D eigenvalue weighted by molar-refractivity contribution is 0.233. The Morgan fingerprint density at radius 3 is 2.74 bits per heavy atom. The molecule has 1 aromatic heterocycles. The summed E-state index contributed by atoms with van der Waals surface area (Å²) in [6, 6.07) is 10.5. The van der Waals surface area contributed by atoms with Crippen molar-refractivity contribution in [3.8, 4) is 10.6 Å². The fourth-order valence-electron chi connectivity index (χ4n) is 2.92. The second-order valence-corrected chi connectivity index (χ2v) is 6.85. The van der Waals surface area contributed by atoms with Crippen molar-refractivity contribution in [1.29, 1.82) is 0 Å². The molecule has 0 aliphatic heterocycles. The van der Waals surface area contributed by atoms with E-state index < -0.39 is 0 Å². The van der Waals surface area contributed by atoms with E-state index in [1.165, 1.54) is 19.3 Å². The lowest BCUT2D eigenvalue weighted by Gasteiger charge is -2.22. The molecule has 4 nitrogen and oxygen atoms in total. The molecule has 1 saturated carbocycles. The van der Waals surface area contributed by atoms with Crippen LogP contribution in [0.25, 0.3) is 10.6 Å². The molecule has 0 radical (unpaired) electrons. The lowest BCUT2D eigenvalue weighted by Crippen LogP contribution is -2.43. The molecular formula is C18H23N3OS. The van der Waals surface area contributed by atoms with E-state index in [2.05, 4.69) is 33.1 Å². The van der Waals surface area contributed by atoms with Crippen molar-refractivity contribution in [2.75, 3.05) is 6.54 Å². The molecule has 2 N–H and O–H groups in total. The van der Waals surface area contributed by atoms with Crippen LogP contribution in [0.2, 0.25) is 0 Å². The highest BCUT2D eigenvalue weighted by Crippen LogP contribution is 2.23. The summed E-state index contributed by atoms with van der Waals surface area (Å²) in [7, 11) is 0. The highest BCUT2D eigenvalue weighted by molar-refractivity contribution is 7.13. The van der Waals surface area contributed by atoms with Crippen LogP contribution in [0.3, 0.4) is 0 Å². The third-order valence-corrected chi connectivity index (χ3v) is 5.12. The molecule has 5 heteroatoms. The molecular weight excluding hydrogens is 306 g/mol. The number of nitrogens with zero attached hydrogens (tertiary/aromatic N) is 1. The molecule has 0 saturated heterocycles. The van der Waals surface area contributed by atoms with E-state index in [4.69, 9.17) is 0 Å². The van der Waals surface area contributed by atoms with Gasteiger partial charge in [0.2, 0.25) is 0 Å². The molecule has 3 rings (SSSR count). The van der Waals surface area contributed by atoms with E-state index in [1.807, 2.05) is 18.2 Å². The minimum absolute atomic E-state index is 0.0459. The maximum absolute atomic E-state index is 11.9. The van der Waals surface area contributed by atoms with Gasteiger partial charge in [0.15, 0.2) is 0 Å². The molecule has 1 fully saturated rings. The maximum atomic E-state index is 11.9. The van der Waals surface area contributed by atoms with Gasteiger partial charge in [-0.25, -0.2) is 9.78 Å². The first kappa shape index (κ1) is 16.0. The molecule has 1 aliphatic rings. The molecule has 2 aromatic rings. The Bertz CT molecular complexity index is 620. The van der Waals surface area contributed by atoms with Gasteiger partial charge in [-0.15, -0.1) is 11.3 Å². The van der Waals surface area contributed by atoms with Crippen LogP contribution in [0.4, 0.5) is 4.79 Å². The van der Waals surface area contributed by atoms with E-state index in [0.29, 0.717) is 12.6 Å². The first-order valence-corrected chi connectivity index (χ1v) is 9.23. The summed E-state index contributed by atoms with van der Waals surface area (Å²) in [5.74, 6) is 0. The number of amides is 2. The first-order valence-electron chi connectivity index (χ1n) is 8.35. The number of carbonyl (C=O) groups excluding carboxylic acids is 1. The van der Waals surface area contributed by atoms with Gasteiger partial charge in [0.1, 0.15) is 5.01 Å². The predicted molar refractivity (Wildman–Crippen MR) is 94.7 cm³/mol. The van der Waals surface area contributed by atoms with Crippen molar-refractivity contribution in [2.45, 2.75) is 44.6 Å². The molecule has 1 aliphatic carbocycles. The number of carbonyl (C=O) groups is 1. The number of benzene rings is 1. The van der Waals surface area contributed by atoms with E-state index in [1.54, 1.807) is 11.3 Å². The summed E-state index contributed by atoms with van der Waals surface area (Å²) < 4.78 is 0. The van der Waals surface area contributed by atoms with E-state index in [-0.39, 0.29) is 6.03 Å². The topological polar surface area (TPSA) is 54.0 Å². The molecule has 0 bridgehead atoms. The molecule has 23 heavy (non-hydrogen) atoms. The van der Waals surface area contributed by atoms with Crippen molar-refractivity contribution in [2.24, 2.45) is 0 Å². The van der Waals surface area contributed by atoms with Crippen LogP contribution in [-0.2, 0) is 6.42 Å². The minimum atomic E-state index is -0.0459. The minimum Gasteiger partial charge on any atom is -0.338 e. The van der Waals surface area contributed by atoms with Crippen LogP contribution in [0.1, 0.15) is 37.8 Å². The largest absolute Gasteiger partial charge is 0.338 e. The van der Waals surface area contributed by atoms with E-state index >= 15 is 0 Å². The SMILES string of the molecule is O=C(NCCc1csc(-c2ccccc2)n1)NC1CCCCC1. The summed E-state index contributed by atoms with van der Waals surface area (Å²) in [6.45, 7) is 0.622. The summed E-state index contributed by atoms with van der Waals surface area (Å²) >= 11 is 1.65. The number of hydrogen-bond donors (Lipinski definition) is 2. The van der Waals surface area contributed by atoms with Gasteiger partial charge in [-0.2, -0.15) is 0 Å². The Balaban J connectivity index is 1.42. The van der Waals surface area contributed by atoms with Crippen molar-refractivity contribution in [1.82, 2.24) is 15.6 Å².